The number of rotatable bonds is 7. The second-order valence-corrected chi connectivity index (χ2v) is 6.71. The van der Waals surface area contributed by atoms with Crippen molar-refractivity contribution in [1.82, 2.24) is 0 Å². The summed E-state index contributed by atoms with van der Waals surface area (Å²) in [5, 5.41) is 6.01. The minimum Gasteiger partial charge on any atom is -0.497 e. The standard InChI is InChI=1S/C21H26N4O3/c1-27-17-9-10-19(28-2)18(12-17)25-21(22)23-13-14-5-3-8-16(11-14)24-20(26)15-6-4-7-15/h3,5,8-12,15H,4,6-7,13H2,1-2H3,(H,24,26)(H3,22,23,25). The first-order valence-corrected chi connectivity index (χ1v) is 9.28. The first kappa shape index (κ1) is 19.5. The van der Waals surface area contributed by atoms with Gasteiger partial charge >= 0.3 is 0 Å². The lowest BCUT2D eigenvalue weighted by Crippen LogP contribution is -2.28. The molecule has 0 radical (unpaired) electrons. The maximum absolute atomic E-state index is 12.1. The molecule has 0 aromatic heterocycles. The van der Waals surface area contributed by atoms with Gasteiger partial charge in [-0.05, 0) is 42.7 Å². The largest absolute Gasteiger partial charge is 0.497 e. The Morgan fingerprint density at radius 1 is 1.14 bits per heavy atom. The number of ether oxygens (including phenoxy) is 2. The molecule has 0 heterocycles. The van der Waals surface area contributed by atoms with Crippen LogP contribution < -0.4 is 25.8 Å². The van der Waals surface area contributed by atoms with E-state index >= 15 is 0 Å². The zero-order chi connectivity index (χ0) is 19.9. The van der Waals surface area contributed by atoms with E-state index in [0.717, 1.165) is 30.5 Å². The van der Waals surface area contributed by atoms with Crippen LogP contribution in [0.25, 0.3) is 0 Å². The first-order chi connectivity index (χ1) is 13.6. The molecule has 1 saturated carbocycles. The molecule has 7 heteroatoms. The molecule has 0 bridgehead atoms. The molecule has 1 aliphatic rings. The molecular formula is C21H26N4O3. The minimum atomic E-state index is 0.0956. The molecule has 148 valence electrons. The van der Waals surface area contributed by atoms with Gasteiger partial charge < -0.3 is 25.8 Å². The van der Waals surface area contributed by atoms with Gasteiger partial charge in [0.25, 0.3) is 0 Å². The van der Waals surface area contributed by atoms with E-state index in [1.54, 1.807) is 32.4 Å². The summed E-state index contributed by atoms with van der Waals surface area (Å²) in [6.07, 6.45) is 3.09. The number of nitrogens with one attached hydrogen (secondary N) is 2. The van der Waals surface area contributed by atoms with E-state index < -0.39 is 0 Å². The summed E-state index contributed by atoms with van der Waals surface area (Å²) >= 11 is 0. The molecule has 0 saturated heterocycles. The van der Waals surface area contributed by atoms with Gasteiger partial charge in [-0.2, -0.15) is 0 Å². The van der Waals surface area contributed by atoms with Crippen LogP contribution in [0.4, 0.5) is 11.4 Å². The number of benzene rings is 2. The second-order valence-electron chi connectivity index (χ2n) is 6.71. The van der Waals surface area contributed by atoms with Crippen molar-refractivity contribution in [2.24, 2.45) is 16.6 Å². The number of anilines is 2. The third-order valence-electron chi connectivity index (χ3n) is 4.77. The zero-order valence-corrected chi connectivity index (χ0v) is 16.2. The molecule has 0 unspecified atom stereocenters. The summed E-state index contributed by atoms with van der Waals surface area (Å²) in [6, 6.07) is 13.0. The Kier molecular flexibility index (Phi) is 6.37. The molecule has 0 aliphatic heterocycles. The molecule has 3 rings (SSSR count). The summed E-state index contributed by atoms with van der Waals surface area (Å²) in [4.78, 5) is 16.5. The van der Waals surface area contributed by atoms with E-state index in [2.05, 4.69) is 15.6 Å². The zero-order valence-electron chi connectivity index (χ0n) is 16.2. The Morgan fingerprint density at radius 3 is 2.64 bits per heavy atom. The van der Waals surface area contributed by atoms with Gasteiger partial charge in [-0.15, -0.1) is 0 Å². The van der Waals surface area contributed by atoms with Crippen molar-refractivity contribution in [3.8, 4) is 11.5 Å². The van der Waals surface area contributed by atoms with Crippen LogP contribution in [0.3, 0.4) is 0 Å². The normalized spacial score (nSPS) is 14.1. The van der Waals surface area contributed by atoms with Gasteiger partial charge in [-0.25, -0.2) is 4.99 Å². The van der Waals surface area contributed by atoms with Gasteiger partial charge in [-0.1, -0.05) is 18.6 Å². The number of methoxy groups -OCH3 is 2. The van der Waals surface area contributed by atoms with Crippen molar-refractivity contribution in [2.45, 2.75) is 25.8 Å². The molecule has 1 amide bonds. The highest BCUT2D eigenvalue weighted by atomic mass is 16.5. The molecule has 1 aliphatic carbocycles. The fraction of sp³-hybridized carbons (Fsp3) is 0.333. The average molecular weight is 382 g/mol. The number of nitrogens with zero attached hydrogens (tertiary/aromatic N) is 1. The van der Waals surface area contributed by atoms with Crippen LogP contribution in [0.15, 0.2) is 47.5 Å². The molecule has 0 spiro atoms. The SMILES string of the molecule is COc1ccc(OC)c(NC(N)=NCc2cccc(NC(=O)C3CCC3)c2)c1. The highest BCUT2D eigenvalue weighted by Gasteiger charge is 2.25. The monoisotopic (exact) mass is 382 g/mol. The van der Waals surface area contributed by atoms with Crippen molar-refractivity contribution < 1.29 is 14.3 Å². The van der Waals surface area contributed by atoms with E-state index in [0.29, 0.717) is 23.7 Å². The molecule has 28 heavy (non-hydrogen) atoms. The lowest BCUT2D eigenvalue weighted by molar-refractivity contribution is -0.122. The number of carbonyl (C=O) groups is 1. The van der Waals surface area contributed by atoms with Crippen LogP contribution in [0.1, 0.15) is 24.8 Å². The predicted molar refractivity (Wildman–Crippen MR) is 111 cm³/mol. The van der Waals surface area contributed by atoms with Crippen molar-refractivity contribution in [3.63, 3.8) is 0 Å². The number of aliphatic imine (C=N–C) groups is 1. The maximum Gasteiger partial charge on any atom is 0.227 e. The Bertz CT molecular complexity index is 862. The van der Waals surface area contributed by atoms with Gasteiger partial charge in [-0.3, -0.25) is 4.79 Å². The molecule has 2 aromatic rings. The van der Waals surface area contributed by atoms with Crippen molar-refractivity contribution in [3.05, 3.63) is 48.0 Å². The van der Waals surface area contributed by atoms with E-state index in [9.17, 15) is 4.79 Å². The lowest BCUT2D eigenvalue weighted by Gasteiger charge is -2.24. The van der Waals surface area contributed by atoms with Gasteiger partial charge in [0.1, 0.15) is 11.5 Å². The Labute approximate surface area is 164 Å². The maximum atomic E-state index is 12.1. The number of hydrogen-bond acceptors (Lipinski definition) is 4. The highest BCUT2D eigenvalue weighted by molar-refractivity contribution is 5.94. The Hall–Kier alpha value is -3.22. The lowest BCUT2D eigenvalue weighted by atomic mass is 9.85. The third-order valence-corrected chi connectivity index (χ3v) is 4.77. The van der Waals surface area contributed by atoms with Crippen LogP contribution in [0.2, 0.25) is 0 Å². The molecule has 4 N–H and O–H groups in total. The van der Waals surface area contributed by atoms with Crippen LogP contribution in [0, 0.1) is 5.92 Å². The van der Waals surface area contributed by atoms with Gasteiger partial charge in [0.2, 0.25) is 5.91 Å². The van der Waals surface area contributed by atoms with Crippen molar-refractivity contribution in [2.75, 3.05) is 24.9 Å². The van der Waals surface area contributed by atoms with Gasteiger partial charge in [0, 0.05) is 17.7 Å². The smallest absolute Gasteiger partial charge is 0.227 e. The number of carbonyl (C=O) groups excluding carboxylic acids is 1. The van der Waals surface area contributed by atoms with E-state index in [4.69, 9.17) is 15.2 Å². The highest BCUT2D eigenvalue weighted by Crippen LogP contribution is 2.29. The Morgan fingerprint density at radius 2 is 1.96 bits per heavy atom. The summed E-state index contributed by atoms with van der Waals surface area (Å²) in [5.74, 6) is 1.83. The topological polar surface area (TPSA) is 98.0 Å². The first-order valence-electron chi connectivity index (χ1n) is 9.28. The summed E-state index contributed by atoms with van der Waals surface area (Å²) in [5.41, 5.74) is 8.43. The van der Waals surface area contributed by atoms with Crippen LogP contribution >= 0.6 is 0 Å². The third kappa shape index (κ3) is 4.94. The van der Waals surface area contributed by atoms with Crippen molar-refractivity contribution >= 4 is 23.2 Å². The summed E-state index contributed by atoms with van der Waals surface area (Å²) < 4.78 is 10.6. The van der Waals surface area contributed by atoms with E-state index in [-0.39, 0.29) is 17.8 Å². The van der Waals surface area contributed by atoms with Gasteiger partial charge in [0.05, 0.1) is 26.5 Å². The molecule has 2 aromatic carbocycles. The number of amides is 1. The molecule has 1 fully saturated rings. The number of nitrogens with two attached hydrogens (primary N) is 1. The van der Waals surface area contributed by atoms with Gasteiger partial charge in [0.15, 0.2) is 5.96 Å². The number of hydrogen-bond donors (Lipinski definition) is 3. The Balaban J connectivity index is 1.63. The molecule has 0 atom stereocenters. The molecule has 7 nitrogen and oxygen atoms in total. The van der Waals surface area contributed by atoms with E-state index in [1.807, 2.05) is 24.3 Å². The second kappa shape index (κ2) is 9.12. The summed E-state index contributed by atoms with van der Waals surface area (Å²) in [7, 11) is 3.18. The average Bonchev–Trinajstić information content (AvgIpc) is 2.65. The fourth-order valence-corrected chi connectivity index (χ4v) is 2.93. The number of guanidine groups is 1. The van der Waals surface area contributed by atoms with Crippen molar-refractivity contribution in [1.29, 1.82) is 0 Å². The minimum absolute atomic E-state index is 0.0956. The van der Waals surface area contributed by atoms with E-state index in [1.165, 1.54) is 0 Å². The molecular weight excluding hydrogens is 356 g/mol. The van der Waals surface area contributed by atoms with Crippen LogP contribution in [-0.2, 0) is 11.3 Å². The fourth-order valence-electron chi connectivity index (χ4n) is 2.93. The quantitative estimate of drug-likeness (QED) is 0.504. The predicted octanol–water partition coefficient (Wildman–Crippen LogP) is 3.37. The van der Waals surface area contributed by atoms with Crippen LogP contribution in [0.5, 0.6) is 11.5 Å². The summed E-state index contributed by atoms with van der Waals surface area (Å²) in [6.45, 7) is 0.387. The van der Waals surface area contributed by atoms with Crippen LogP contribution in [-0.4, -0.2) is 26.1 Å².